The van der Waals surface area contributed by atoms with Crippen molar-refractivity contribution in [3.63, 3.8) is 0 Å². The maximum atomic E-state index is 12.5. The van der Waals surface area contributed by atoms with Crippen molar-refractivity contribution in [3.05, 3.63) is 40.2 Å². The number of carbonyl (C=O) groups is 1. The summed E-state index contributed by atoms with van der Waals surface area (Å²) in [5.74, 6) is 0.482. The van der Waals surface area contributed by atoms with Gasteiger partial charge in [0, 0.05) is 21.8 Å². The first-order chi connectivity index (χ1) is 12.0. The minimum absolute atomic E-state index is 0.267. The molecule has 4 rings (SSSR count). The van der Waals surface area contributed by atoms with E-state index in [9.17, 15) is 4.79 Å². The van der Waals surface area contributed by atoms with Gasteiger partial charge in [-0.3, -0.25) is 10.1 Å². The minimum atomic E-state index is -0.267. The Hall–Kier alpha value is -2.71. The third-order valence-electron chi connectivity index (χ3n) is 3.77. The molecule has 0 saturated carbocycles. The van der Waals surface area contributed by atoms with E-state index in [1.165, 1.54) is 22.7 Å². The number of aromatic nitrogens is 2. The highest BCUT2D eigenvalue weighted by Gasteiger charge is 2.19. The number of amides is 1. The number of rotatable bonds is 3. The number of hydrogen-bond donors (Lipinski definition) is 2. The third kappa shape index (κ3) is 2.79. The number of fused-ring (bicyclic) bond motifs is 2. The summed E-state index contributed by atoms with van der Waals surface area (Å²) in [7, 11) is 1.62. The van der Waals surface area contributed by atoms with Crippen molar-refractivity contribution in [2.24, 2.45) is 0 Å². The number of thiophene rings is 1. The van der Waals surface area contributed by atoms with Crippen LogP contribution in [0.25, 0.3) is 21.1 Å². The maximum Gasteiger partial charge on any atom is 0.269 e. The van der Waals surface area contributed by atoms with Gasteiger partial charge in [-0.05, 0) is 31.2 Å². The Bertz CT molecular complexity index is 1120. The minimum Gasteiger partial charge on any atom is -0.497 e. The van der Waals surface area contributed by atoms with Gasteiger partial charge in [0.25, 0.3) is 5.91 Å². The molecule has 0 unspecified atom stereocenters. The van der Waals surface area contributed by atoms with E-state index in [0.29, 0.717) is 15.7 Å². The van der Waals surface area contributed by atoms with Gasteiger partial charge in [0.1, 0.15) is 15.5 Å². The number of nitrogens with zero attached hydrogens (tertiary/aromatic N) is 2. The first-order valence-corrected chi connectivity index (χ1v) is 9.09. The summed E-state index contributed by atoms with van der Waals surface area (Å²) in [6.07, 6.45) is 1.72. The predicted octanol–water partition coefficient (Wildman–Crippen LogP) is 4.06. The van der Waals surface area contributed by atoms with Crippen molar-refractivity contribution in [1.82, 2.24) is 9.97 Å². The van der Waals surface area contributed by atoms with E-state index >= 15 is 0 Å². The molecule has 8 heteroatoms. The molecule has 0 spiro atoms. The Morgan fingerprint density at radius 2 is 2.12 bits per heavy atom. The molecular formula is C17H14N4O2S2. The fourth-order valence-electron chi connectivity index (χ4n) is 2.54. The summed E-state index contributed by atoms with van der Waals surface area (Å²) < 4.78 is 5.25. The topological polar surface area (TPSA) is 90.1 Å². The van der Waals surface area contributed by atoms with Crippen molar-refractivity contribution in [3.8, 4) is 5.75 Å². The van der Waals surface area contributed by atoms with Crippen molar-refractivity contribution in [2.75, 3.05) is 18.2 Å². The van der Waals surface area contributed by atoms with Crippen molar-refractivity contribution < 1.29 is 9.53 Å². The number of hydrogen-bond acceptors (Lipinski definition) is 7. The van der Waals surface area contributed by atoms with Gasteiger partial charge in [-0.1, -0.05) is 0 Å². The lowest BCUT2D eigenvalue weighted by Crippen LogP contribution is -2.11. The molecule has 25 heavy (non-hydrogen) atoms. The zero-order valence-electron chi connectivity index (χ0n) is 13.5. The van der Waals surface area contributed by atoms with Crippen LogP contribution in [0.15, 0.2) is 30.5 Å². The molecule has 0 aliphatic rings. The Morgan fingerprint density at radius 3 is 2.84 bits per heavy atom. The summed E-state index contributed by atoms with van der Waals surface area (Å²) in [6, 6.07) is 7.59. The fraction of sp³-hybridized carbons (Fsp3) is 0.118. The Balaban J connectivity index is 1.78. The highest BCUT2D eigenvalue weighted by molar-refractivity contribution is 7.21. The number of carbonyl (C=O) groups excluding carboxylic acids is 1. The number of nitrogen functional groups attached to an aromatic ring is 1. The van der Waals surface area contributed by atoms with Crippen LogP contribution in [0.4, 0.5) is 10.8 Å². The van der Waals surface area contributed by atoms with Crippen molar-refractivity contribution >= 4 is 60.5 Å². The van der Waals surface area contributed by atoms with Gasteiger partial charge in [-0.2, -0.15) is 0 Å². The molecule has 0 aliphatic heterocycles. The first kappa shape index (κ1) is 15.8. The van der Waals surface area contributed by atoms with Gasteiger partial charge in [0.15, 0.2) is 5.13 Å². The van der Waals surface area contributed by atoms with Crippen LogP contribution in [0.5, 0.6) is 5.75 Å². The number of pyridine rings is 1. The summed E-state index contributed by atoms with van der Waals surface area (Å²) in [4.78, 5) is 23.5. The van der Waals surface area contributed by atoms with E-state index in [-0.39, 0.29) is 5.91 Å². The Labute approximate surface area is 151 Å². The number of thiazole rings is 1. The van der Waals surface area contributed by atoms with Crippen LogP contribution < -0.4 is 15.8 Å². The van der Waals surface area contributed by atoms with E-state index in [0.717, 1.165) is 31.7 Å². The van der Waals surface area contributed by atoms with E-state index < -0.39 is 0 Å². The lowest BCUT2D eigenvalue weighted by molar-refractivity contribution is 0.103. The summed E-state index contributed by atoms with van der Waals surface area (Å²) >= 11 is 2.70. The highest BCUT2D eigenvalue weighted by Crippen LogP contribution is 2.35. The van der Waals surface area contributed by atoms with Crippen LogP contribution in [0.2, 0.25) is 0 Å². The van der Waals surface area contributed by atoms with E-state index in [1.807, 2.05) is 31.2 Å². The third-order valence-corrected chi connectivity index (χ3v) is 5.71. The average Bonchev–Trinajstić information content (AvgIpc) is 3.16. The average molecular weight is 370 g/mol. The van der Waals surface area contributed by atoms with E-state index in [1.54, 1.807) is 13.3 Å². The molecular weight excluding hydrogens is 356 g/mol. The molecule has 3 heterocycles. The molecule has 3 aromatic heterocycles. The van der Waals surface area contributed by atoms with Gasteiger partial charge in [0.05, 0.1) is 18.3 Å². The number of nitrogens with one attached hydrogen (secondary N) is 1. The van der Waals surface area contributed by atoms with Gasteiger partial charge >= 0.3 is 0 Å². The second-order valence-electron chi connectivity index (χ2n) is 5.47. The SMILES string of the molecule is COc1ccc2nc3sc(C(=O)Nc4ncc(C)s4)c(N)c3cc2c1. The van der Waals surface area contributed by atoms with Crippen LogP contribution in [0.3, 0.4) is 0 Å². The van der Waals surface area contributed by atoms with E-state index in [2.05, 4.69) is 15.3 Å². The second kappa shape index (κ2) is 5.98. The normalized spacial score (nSPS) is 11.1. The quantitative estimate of drug-likeness (QED) is 0.568. The fourth-order valence-corrected chi connectivity index (χ4v) is 4.18. The molecule has 0 radical (unpaired) electrons. The van der Waals surface area contributed by atoms with Gasteiger partial charge in [-0.25, -0.2) is 9.97 Å². The van der Waals surface area contributed by atoms with Crippen molar-refractivity contribution in [1.29, 1.82) is 0 Å². The predicted molar refractivity (Wildman–Crippen MR) is 103 cm³/mol. The molecule has 6 nitrogen and oxygen atoms in total. The number of aryl methyl sites for hydroxylation is 1. The second-order valence-corrected chi connectivity index (χ2v) is 7.71. The number of methoxy groups -OCH3 is 1. The van der Waals surface area contributed by atoms with Crippen LogP contribution >= 0.6 is 22.7 Å². The number of anilines is 2. The summed E-state index contributed by atoms with van der Waals surface area (Å²) in [5.41, 5.74) is 7.49. The lowest BCUT2D eigenvalue weighted by atomic mass is 10.1. The van der Waals surface area contributed by atoms with Crippen LogP contribution in [0.1, 0.15) is 14.5 Å². The molecule has 126 valence electrons. The number of ether oxygens (including phenoxy) is 1. The smallest absolute Gasteiger partial charge is 0.269 e. The summed E-state index contributed by atoms with van der Waals surface area (Å²) in [6.45, 7) is 1.94. The van der Waals surface area contributed by atoms with Crippen LogP contribution in [-0.4, -0.2) is 23.0 Å². The molecule has 1 amide bonds. The van der Waals surface area contributed by atoms with Gasteiger partial charge < -0.3 is 10.5 Å². The lowest BCUT2D eigenvalue weighted by Gasteiger charge is -2.02. The van der Waals surface area contributed by atoms with Crippen LogP contribution in [0, 0.1) is 6.92 Å². The maximum absolute atomic E-state index is 12.5. The largest absolute Gasteiger partial charge is 0.497 e. The molecule has 0 bridgehead atoms. The molecule has 0 atom stereocenters. The number of nitrogens with two attached hydrogens (primary N) is 1. The molecule has 4 aromatic rings. The Morgan fingerprint density at radius 1 is 1.28 bits per heavy atom. The number of benzene rings is 1. The molecule has 0 saturated heterocycles. The Kier molecular flexibility index (Phi) is 3.78. The molecule has 0 aliphatic carbocycles. The van der Waals surface area contributed by atoms with Gasteiger partial charge in [-0.15, -0.1) is 22.7 Å². The van der Waals surface area contributed by atoms with Crippen molar-refractivity contribution in [2.45, 2.75) is 6.92 Å². The van der Waals surface area contributed by atoms with Crippen LogP contribution in [-0.2, 0) is 0 Å². The molecule has 1 aromatic carbocycles. The monoisotopic (exact) mass is 370 g/mol. The zero-order valence-corrected chi connectivity index (χ0v) is 15.1. The first-order valence-electron chi connectivity index (χ1n) is 7.45. The molecule has 3 N–H and O–H groups in total. The molecule has 0 fully saturated rings. The highest BCUT2D eigenvalue weighted by atomic mass is 32.1. The summed E-state index contributed by atoms with van der Waals surface area (Å²) in [5, 5.41) is 5.03. The van der Waals surface area contributed by atoms with E-state index in [4.69, 9.17) is 10.5 Å². The van der Waals surface area contributed by atoms with Gasteiger partial charge in [0.2, 0.25) is 0 Å². The standard InChI is InChI=1S/C17H14N4O2S2/c1-8-7-19-17(24-8)21-15(22)14-13(18)11-6-9-5-10(23-2)3-4-12(9)20-16(11)25-14/h3-7H,18H2,1-2H3,(H,19,21,22). The zero-order chi connectivity index (χ0) is 17.6.